The molecule has 27 heavy (non-hydrogen) atoms. The summed E-state index contributed by atoms with van der Waals surface area (Å²) >= 11 is 5.95. The summed E-state index contributed by atoms with van der Waals surface area (Å²) in [5, 5.41) is 3.44. The minimum atomic E-state index is -0.163. The van der Waals surface area contributed by atoms with Crippen molar-refractivity contribution < 1.29 is 9.59 Å². The number of anilines is 2. The van der Waals surface area contributed by atoms with E-state index in [2.05, 4.69) is 10.2 Å². The van der Waals surface area contributed by atoms with E-state index in [1.54, 1.807) is 24.3 Å². The van der Waals surface area contributed by atoms with Crippen LogP contribution in [0.25, 0.3) is 0 Å². The van der Waals surface area contributed by atoms with Crippen molar-refractivity contribution in [1.82, 2.24) is 4.90 Å². The zero-order chi connectivity index (χ0) is 18.8. The molecular formula is C21H22ClN3O2. The average Bonchev–Trinajstić information content (AvgIpc) is 3.53. The summed E-state index contributed by atoms with van der Waals surface area (Å²) in [4.78, 5) is 28.8. The average molecular weight is 384 g/mol. The maximum atomic E-state index is 12.4. The quantitative estimate of drug-likeness (QED) is 0.876. The molecule has 2 amide bonds. The Hall–Kier alpha value is -2.53. The van der Waals surface area contributed by atoms with Crippen molar-refractivity contribution in [2.45, 2.75) is 12.8 Å². The van der Waals surface area contributed by atoms with Crippen LogP contribution in [0, 0.1) is 5.92 Å². The number of halogens is 1. The highest BCUT2D eigenvalue weighted by atomic mass is 35.5. The van der Waals surface area contributed by atoms with Gasteiger partial charge in [-0.15, -0.1) is 0 Å². The molecule has 5 nitrogen and oxygen atoms in total. The third kappa shape index (κ3) is 4.25. The van der Waals surface area contributed by atoms with Crippen molar-refractivity contribution in [2.75, 3.05) is 36.4 Å². The molecule has 0 spiro atoms. The Morgan fingerprint density at radius 3 is 2.30 bits per heavy atom. The first kappa shape index (κ1) is 17.9. The molecule has 140 valence electrons. The van der Waals surface area contributed by atoms with Crippen LogP contribution in [0.3, 0.4) is 0 Å². The number of benzene rings is 2. The molecule has 4 rings (SSSR count). The molecule has 2 aromatic rings. The van der Waals surface area contributed by atoms with Crippen LogP contribution in [-0.2, 0) is 4.79 Å². The molecule has 0 aromatic heterocycles. The highest BCUT2D eigenvalue weighted by Gasteiger charge is 2.34. The van der Waals surface area contributed by atoms with Gasteiger partial charge in [0.15, 0.2) is 0 Å². The lowest BCUT2D eigenvalue weighted by Crippen LogP contribution is -2.49. The number of amides is 2. The van der Waals surface area contributed by atoms with Crippen LogP contribution in [0.2, 0.25) is 5.02 Å². The fraction of sp³-hybridized carbons (Fsp3) is 0.333. The molecule has 1 aliphatic heterocycles. The van der Waals surface area contributed by atoms with E-state index in [-0.39, 0.29) is 11.8 Å². The lowest BCUT2D eigenvalue weighted by atomic mass is 10.1. The summed E-state index contributed by atoms with van der Waals surface area (Å²) in [7, 11) is 0. The summed E-state index contributed by atoms with van der Waals surface area (Å²) < 4.78 is 0. The molecule has 2 fully saturated rings. The second kappa shape index (κ2) is 7.61. The van der Waals surface area contributed by atoms with Crippen LogP contribution in [0.5, 0.6) is 0 Å². The van der Waals surface area contributed by atoms with Crippen molar-refractivity contribution in [3.63, 3.8) is 0 Å². The largest absolute Gasteiger partial charge is 0.368 e. The van der Waals surface area contributed by atoms with E-state index in [0.717, 1.165) is 44.7 Å². The van der Waals surface area contributed by atoms with E-state index in [0.29, 0.717) is 22.2 Å². The fourth-order valence-corrected chi connectivity index (χ4v) is 3.56. The van der Waals surface area contributed by atoms with Crippen molar-refractivity contribution >= 4 is 34.8 Å². The van der Waals surface area contributed by atoms with Gasteiger partial charge in [-0.25, -0.2) is 0 Å². The van der Waals surface area contributed by atoms with Crippen LogP contribution in [-0.4, -0.2) is 42.9 Å². The van der Waals surface area contributed by atoms with E-state index in [9.17, 15) is 9.59 Å². The van der Waals surface area contributed by atoms with Gasteiger partial charge >= 0.3 is 0 Å². The van der Waals surface area contributed by atoms with Crippen molar-refractivity contribution in [1.29, 1.82) is 0 Å². The molecule has 0 radical (unpaired) electrons. The Morgan fingerprint density at radius 2 is 1.67 bits per heavy atom. The minimum Gasteiger partial charge on any atom is -0.368 e. The molecule has 1 heterocycles. The molecule has 1 saturated carbocycles. The van der Waals surface area contributed by atoms with Crippen LogP contribution >= 0.6 is 11.6 Å². The van der Waals surface area contributed by atoms with Crippen LogP contribution in [0.15, 0.2) is 48.5 Å². The van der Waals surface area contributed by atoms with Crippen LogP contribution in [0.1, 0.15) is 23.2 Å². The predicted octanol–water partition coefficient (Wildman–Crippen LogP) is 3.65. The number of carbonyl (C=O) groups is 2. The van der Waals surface area contributed by atoms with Gasteiger partial charge < -0.3 is 15.1 Å². The highest BCUT2D eigenvalue weighted by molar-refractivity contribution is 6.31. The fourth-order valence-electron chi connectivity index (χ4n) is 3.37. The normalized spacial score (nSPS) is 16.9. The summed E-state index contributed by atoms with van der Waals surface area (Å²) in [6, 6.07) is 14.7. The monoisotopic (exact) mass is 383 g/mol. The number of rotatable bonds is 4. The molecule has 0 atom stereocenters. The summed E-state index contributed by atoms with van der Waals surface area (Å²) in [6.07, 6.45) is 2.11. The van der Waals surface area contributed by atoms with E-state index >= 15 is 0 Å². The second-order valence-electron chi connectivity index (χ2n) is 7.10. The molecular weight excluding hydrogens is 362 g/mol. The smallest absolute Gasteiger partial charge is 0.255 e. The first-order valence-corrected chi connectivity index (χ1v) is 9.69. The van der Waals surface area contributed by atoms with Gasteiger partial charge in [0.05, 0.1) is 0 Å². The number of piperazine rings is 1. The molecule has 0 bridgehead atoms. The van der Waals surface area contributed by atoms with Crippen LogP contribution < -0.4 is 10.2 Å². The topological polar surface area (TPSA) is 52.7 Å². The van der Waals surface area contributed by atoms with E-state index in [4.69, 9.17) is 11.6 Å². The Kier molecular flexibility index (Phi) is 5.03. The third-order valence-electron chi connectivity index (χ3n) is 5.10. The standard InChI is InChI=1S/C21H22ClN3O2/c22-17-2-1-3-18(14-17)23-20(26)15-6-8-19(9-7-15)24-10-12-25(13-11-24)21(27)16-4-5-16/h1-3,6-9,14,16H,4-5,10-13H2,(H,23,26). The minimum absolute atomic E-state index is 0.163. The maximum absolute atomic E-state index is 12.4. The Bertz CT molecular complexity index is 841. The Morgan fingerprint density at radius 1 is 0.963 bits per heavy atom. The van der Waals surface area contributed by atoms with Crippen molar-refractivity contribution in [3.05, 3.63) is 59.1 Å². The van der Waals surface area contributed by atoms with Gasteiger partial charge in [-0.05, 0) is 55.3 Å². The number of hydrogen-bond acceptors (Lipinski definition) is 3. The molecule has 2 aromatic carbocycles. The first-order chi connectivity index (χ1) is 13.1. The zero-order valence-corrected chi connectivity index (χ0v) is 15.8. The molecule has 6 heteroatoms. The molecule has 1 saturated heterocycles. The Balaban J connectivity index is 1.34. The van der Waals surface area contributed by atoms with E-state index in [1.807, 2.05) is 29.2 Å². The lowest BCUT2D eigenvalue weighted by Gasteiger charge is -2.36. The number of nitrogens with one attached hydrogen (secondary N) is 1. The van der Waals surface area contributed by atoms with Crippen molar-refractivity contribution in [3.8, 4) is 0 Å². The van der Waals surface area contributed by atoms with Gasteiger partial charge in [0.25, 0.3) is 5.91 Å². The highest BCUT2D eigenvalue weighted by Crippen LogP contribution is 2.31. The summed E-state index contributed by atoms with van der Waals surface area (Å²) in [6.45, 7) is 3.19. The van der Waals surface area contributed by atoms with Gasteiger partial charge in [-0.1, -0.05) is 17.7 Å². The van der Waals surface area contributed by atoms with Gasteiger partial charge in [0.2, 0.25) is 5.91 Å². The molecule has 1 aliphatic carbocycles. The molecule has 0 unspecified atom stereocenters. The molecule has 2 aliphatic rings. The first-order valence-electron chi connectivity index (χ1n) is 9.31. The zero-order valence-electron chi connectivity index (χ0n) is 15.0. The lowest BCUT2D eigenvalue weighted by molar-refractivity contribution is -0.132. The predicted molar refractivity (Wildman–Crippen MR) is 107 cm³/mol. The van der Waals surface area contributed by atoms with Gasteiger partial charge in [-0.3, -0.25) is 9.59 Å². The SMILES string of the molecule is O=C(Nc1cccc(Cl)c1)c1ccc(N2CCN(C(=O)C3CC3)CC2)cc1. The summed E-state index contributed by atoms with van der Waals surface area (Å²) in [5.41, 5.74) is 2.35. The van der Waals surface area contributed by atoms with E-state index < -0.39 is 0 Å². The number of hydrogen-bond donors (Lipinski definition) is 1. The van der Waals surface area contributed by atoms with Crippen molar-refractivity contribution in [2.24, 2.45) is 5.92 Å². The maximum Gasteiger partial charge on any atom is 0.255 e. The number of carbonyl (C=O) groups excluding carboxylic acids is 2. The molecule has 1 N–H and O–H groups in total. The van der Waals surface area contributed by atoms with E-state index in [1.165, 1.54) is 0 Å². The summed E-state index contributed by atoms with van der Waals surface area (Å²) in [5.74, 6) is 0.445. The third-order valence-corrected chi connectivity index (χ3v) is 5.33. The van der Waals surface area contributed by atoms with Gasteiger partial charge in [0, 0.05) is 54.1 Å². The van der Waals surface area contributed by atoms with Gasteiger partial charge in [-0.2, -0.15) is 0 Å². The second-order valence-corrected chi connectivity index (χ2v) is 7.53. The van der Waals surface area contributed by atoms with Crippen LogP contribution in [0.4, 0.5) is 11.4 Å². The Labute approximate surface area is 163 Å². The van der Waals surface area contributed by atoms with Gasteiger partial charge in [0.1, 0.15) is 0 Å². The number of nitrogens with zero attached hydrogens (tertiary/aromatic N) is 2.